The van der Waals surface area contributed by atoms with Crippen LogP contribution in [0.2, 0.25) is 0 Å². The van der Waals surface area contributed by atoms with E-state index >= 15 is 0 Å². The van der Waals surface area contributed by atoms with Crippen molar-refractivity contribution < 1.29 is 0 Å². The van der Waals surface area contributed by atoms with E-state index in [1.807, 2.05) is 6.08 Å². The largest absolute Gasteiger partial charge is 0.297 e. The molecule has 13 heavy (non-hydrogen) atoms. The van der Waals surface area contributed by atoms with Crippen LogP contribution in [0.15, 0.2) is 11.6 Å². The van der Waals surface area contributed by atoms with E-state index in [4.69, 9.17) is 23.2 Å². The van der Waals surface area contributed by atoms with E-state index in [-0.39, 0.29) is 0 Å². The smallest absolute Gasteiger partial charge is 0.0224 e. The van der Waals surface area contributed by atoms with Crippen LogP contribution in [0.3, 0.4) is 0 Å². The van der Waals surface area contributed by atoms with Crippen molar-refractivity contribution in [3.05, 3.63) is 11.6 Å². The zero-order valence-corrected chi connectivity index (χ0v) is 9.40. The summed E-state index contributed by atoms with van der Waals surface area (Å²) in [6.07, 6.45) is 7.03. The first-order valence-electron chi connectivity index (χ1n) is 4.93. The number of alkyl halides is 1. The van der Waals surface area contributed by atoms with E-state index < -0.39 is 0 Å². The summed E-state index contributed by atoms with van der Waals surface area (Å²) in [6, 6.07) is 0.742. The normalized spacial score (nSPS) is 24.6. The highest BCUT2D eigenvalue weighted by Crippen LogP contribution is 2.21. The lowest BCUT2D eigenvalue weighted by Crippen LogP contribution is -2.29. The van der Waals surface area contributed by atoms with Crippen LogP contribution in [0, 0.1) is 0 Å². The SMILES string of the molecule is Cl/C=C/CN1CCCC1CCCCl. The van der Waals surface area contributed by atoms with Crippen LogP contribution in [0.4, 0.5) is 0 Å². The second kappa shape index (κ2) is 6.69. The Labute approximate surface area is 90.7 Å². The molecule has 0 amide bonds. The van der Waals surface area contributed by atoms with Gasteiger partial charge in [-0.15, -0.1) is 11.6 Å². The predicted octanol–water partition coefficient (Wildman–Crippen LogP) is 3.22. The molecule has 1 fully saturated rings. The number of halogens is 2. The van der Waals surface area contributed by atoms with E-state index in [2.05, 4.69) is 4.90 Å². The third-order valence-corrected chi connectivity index (χ3v) is 3.04. The summed E-state index contributed by atoms with van der Waals surface area (Å²) in [7, 11) is 0. The molecule has 1 atom stereocenters. The Morgan fingerprint density at radius 3 is 3.00 bits per heavy atom. The second-order valence-electron chi connectivity index (χ2n) is 3.48. The van der Waals surface area contributed by atoms with Gasteiger partial charge in [0.2, 0.25) is 0 Å². The van der Waals surface area contributed by atoms with E-state index in [1.165, 1.54) is 25.8 Å². The van der Waals surface area contributed by atoms with Crippen LogP contribution >= 0.6 is 23.2 Å². The van der Waals surface area contributed by atoms with Crippen LogP contribution < -0.4 is 0 Å². The lowest BCUT2D eigenvalue weighted by atomic mass is 10.1. The minimum absolute atomic E-state index is 0.742. The number of hydrogen-bond acceptors (Lipinski definition) is 1. The minimum atomic E-state index is 0.742. The molecule has 0 saturated carbocycles. The lowest BCUT2D eigenvalue weighted by molar-refractivity contribution is 0.267. The van der Waals surface area contributed by atoms with Gasteiger partial charge in [-0.1, -0.05) is 17.7 Å². The van der Waals surface area contributed by atoms with Crippen LogP contribution in [-0.2, 0) is 0 Å². The molecular weight excluding hydrogens is 205 g/mol. The summed E-state index contributed by atoms with van der Waals surface area (Å²) < 4.78 is 0. The van der Waals surface area contributed by atoms with Crippen molar-refractivity contribution in [2.45, 2.75) is 31.7 Å². The molecule has 1 aliphatic rings. The van der Waals surface area contributed by atoms with E-state index in [0.717, 1.165) is 24.9 Å². The molecule has 0 aromatic heterocycles. The van der Waals surface area contributed by atoms with Crippen molar-refractivity contribution in [3.63, 3.8) is 0 Å². The van der Waals surface area contributed by atoms with Gasteiger partial charge in [0, 0.05) is 24.0 Å². The zero-order chi connectivity index (χ0) is 9.52. The highest BCUT2D eigenvalue weighted by atomic mass is 35.5. The molecule has 0 aromatic carbocycles. The van der Waals surface area contributed by atoms with Crippen molar-refractivity contribution in [3.8, 4) is 0 Å². The van der Waals surface area contributed by atoms with Crippen molar-refractivity contribution in [1.29, 1.82) is 0 Å². The van der Waals surface area contributed by atoms with Crippen LogP contribution in [0.25, 0.3) is 0 Å². The second-order valence-corrected chi connectivity index (χ2v) is 4.11. The fraction of sp³-hybridized carbons (Fsp3) is 0.800. The molecule has 0 radical (unpaired) electrons. The monoisotopic (exact) mass is 221 g/mol. The van der Waals surface area contributed by atoms with Gasteiger partial charge in [-0.3, -0.25) is 4.90 Å². The Hall–Kier alpha value is 0.280. The first-order valence-corrected chi connectivity index (χ1v) is 5.91. The summed E-state index contributed by atoms with van der Waals surface area (Å²) in [6.45, 7) is 2.21. The molecule has 1 aliphatic heterocycles. The first kappa shape index (κ1) is 11.4. The summed E-state index contributed by atoms with van der Waals surface area (Å²) >= 11 is 11.2. The van der Waals surface area contributed by atoms with Crippen molar-refractivity contribution >= 4 is 23.2 Å². The number of likely N-dealkylation sites (tertiary alicyclic amines) is 1. The minimum Gasteiger partial charge on any atom is -0.297 e. The van der Waals surface area contributed by atoms with Gasteiger partial charge in [-0.25, -0.2) is 0 Å². The highest BCUT2D eigenvalue weighted by molar-refractivity contribution is 6.25. The Bertz CT molecular complexity index is 159. The van der Waals surface area contributed by atoms with Gasteiger partial charge in [0.1, 0.15) is 0 Å². The molecule has 3 heteroatoms. The van der Waals surface area contributed by atoms with Gasteiger partial charge in [0.25, 0.3) is 0 Å². The van der Waals surface area contributed by atoms with Gasteiger partial charge < -0.3 is 0 Å². The number of rotatable bonds is 5. The van der Waals surface area contributed by atoms with Gasteiger partial charge in [-0.2, -0.15) is 0 Å². The molecule has 1 rings (SSSR count). The maximum absolute atomic E-state index is 5.68. The molecule has 0 N–H and O–H groups in total. The molecule has 1 saturated heterocycles. The average Bonchev–Trinajstić information content (AvgIpc) is 2.59. The van der Waals surface area contributed by atoms with Crippen LogP contribution in [0.5, 0.6) is 0 Å². The molecule has 0 bridgehead atoms. The third-order valence-electron chi connectivity index (χ3n) is 2.60. The quantitative estimate of drug-likeness (QED) is 0.645. The van der Waals surface area contributed by atoms with Crippen LogP contribution in [-0.4, -0.2) is 29.9 Å². The molecule has 0 aliphatic carbocycles. The number of nitrogens with zero attached hydrogens (tertiary/aromatic N) is 1. The Morgan fingerprint density at radius 2 is 2.31 bits per heavy atom. The molecule has 0 aromatic rings. The fourth-order valence-corrected chi connectivity index (χ4v) is 2.18. The summed E-state index contributed by atoms with van der Waals surface area (Å²) in [5.41, 5.74) is 1.61. The van der Waals surface area contributed by atoms with Crippen molar-refractivity contribution in [2.24, 2.45) is 0 Å². The Morgan fingerprint density at radius 1 is 1.46 bits per heavy atom. The molecule has 0 spiro atoms. The fourth-order valence-electron chi connectivity index (χ4n) is 1.95. The summed E-state index contributed by atoms with van der Waals surface area (Å²) in [5, 5.41) is 0. The Kier molecular flexibility index (Phi) is 5.85. The maximum Gasteiger partial charge on any atom is 0.0224 e. The van der Waals surface area contributed by atoms with E-state index in [1.54, 1.807) is 5.54 Å². The van der Waals surface area contributed by atoms with Crippen molar-refractivity contribution in [2.75, 3.05) is 19.0 Å². The highest BCUT2D eigenvalue weighted by Gasteiger charge is 2.22. The van der Waals surface area contributed by atoms with E-state index in [0.29, 0.717) is 0 Å². The summed E-state index contributed by atoms with van der Waals surface area (Å²) in [4.78, 5) is 2.49. The lowest BCUT2D eigenvalue weighted by Gasteiger charge is -2.22. The predicted molar refractivity (Wildman–Crippen MR) is 59.5 cm³/mol. The summed E-state index contributed by atoms with van der Waals surface area (Å²) in [5.74, 6) is 0.787. The molecule has 1 nitrogen and oxygen atoms in total. The van der Waals surface area contributed by atoms with Gasteiger partial charge >= 0.3 is 0 Å². The topological polar surface area (TPSA) is 3.24 Å². The molecular formula is C10H17Cl2N. The maximum atomic E-state index is 5.68. The van der Waals surface area contributed by atoms with Gasteiger partial charge in [0.15, 0.2) is 0 Å². The van der Waals surface area contributed by atoms with Gasteiger partial charge in [0.05, 0.1) is 0 Å². The zero-order valence-electron chi connectivity index (χ0n) is 7.88. The first-order chi connectivity index (χ1) is 6.38. The van der Waals surface area contributed by atoms with Crippen molar-refractivity contribution in [1.82, 2.24) is 4.90 Å². The molecule has 76 valence electrons. The van der Waals surface area contributed by atoms with E-state index in [9.17, 15) is 0 Å². The van der Waals surface area contributed by atoms with Crippen LogP contribution in [0.1, 0.15) is 25.7 Å². The standard InChI is InChI=1S/C10H17Cl2N/c11-6-1-4-10-5-2-8-13(10)9-3-7-12/h3,7,10H,1-2,4-6,8-9H2/b7-3+. The average molecular weight is 222 g/mol. The third kappa shape index (κ3) is 3.88. The number of hydrogen-bond donors (Lipinski definition) is 0. The Balaban J connectivity index is 2.26. The molecule has 1 heterocycles. The molecule has 1 unspecified atom stereocenters. The van der Waals surface area contributed by atoms with Gasteiger partial charge in [-0.05, 0) is 32.2 Å².